The summed E-state index contributed by atoms with van der Waals surface area (Å²) in [7, 11) is 0. The highest BCUT2D eigenvalue weighted by atomic mass is 32.1. The van der Waals surface area contributed by atoms with Crippen molar-refractivity contribution in [2.24, 2.45) is 0 Å². The van der Waals surface area contributed by atoms with E-state index in [1.165, 1.54) is 23.5 Å². The third kappa shape index (κ3) is 4.36. The highest BCUT2D eigenvalue weighted by Gasteiger charge is 2.15. The summed E-state index contributed by atoms with van der Waals surface area (Å²) in [5.74, 6) is -1.57. The van der Waals surface area contributed by atoms with Gasteiger partial charge in [0, 0.05) is 13.0 Å². The number of nitrogens with zero attached hydrogens (tertiary/aromatic N) is 1. The number of hydrogen-bond donors (Lipinski definition) is 2. The molecule has 0 saturated heterocycles. The molecule has 1 amide bonds. The monoisotopic (exact) mass is 322 g/mol. The van der Waals surface area contributed by atoms with E-state index in [0.717, 1.165) is 10.6 Å². The Bertz CT molecular complexity index is 683. The summed E-state index contributed by atoms with van der Waals surface area (Å²) in [5.41, 5.74) is 1.52. The van der Waals surface area contributed by atoms with Crippen LogP contribution in [0, 0.1) is 12.7 Å². The fourth-order valence-corrected chi connectivity index (χ4v) is 2.89. The summed E-state index contributed by atoms with van der Waals surface area (Å²) in [6.07, 6.45) is 0.403. The van der Waals surface area contributed by atoms with Crippen LogP contribution in [-0.4, -0.2) is 28.5 Å². The predicted octanol–water partition coefficient (Wildman–Crippen LogP) is 2.39. The smallest absolute Gasteiger partial charge is 0.305 e. The molecular formula is C15H15FN2O3S. The van der Waals surface area contributed by atoms with Crippen LogP contribution >= 0.6 is 11.3 Å². The molecule has 0 saturated carbocycles. The molecule has 22 heavy (non-hydrogen) atoms. The number of carboxylic acids is 1. The van der Waals surface area contributed by atoms with Crippen molar-refractivity contribution < 1.29 is 19.1 Å². The summed E-state index contributed by atoms with van der Waals surface area (Å²) in [5, 5.41) is 11.9. The van der Waals surface area contributed by atoms with Gasteiger partial charge in [-0.25, -0.2) is 9.37 Å². The second kappa shape index (κ2) is 7.13. The fourth-order valence-electron chi connectivity index (χ4n) is 1.88. The van der Waals surface area contributed by atoms with Gasteiger partial charge in [0.15, 0.2) is 0 Å². The van der Waals surface area contributed by atoms with Gasteiger partial charge in [0.2, 0.25) is 0 Å². The van der Waals surface area contributed by atoms with E-state index in [-0.39, 0.29) is 24.7 Å². The van der Waals surface area contributed by atoms with E-state index in [1.54, 1.807) is 19.1 Å². The maximum atomic E-state index is 12.9. The normalized spacial score (nSPS) is 10.5. The predicted molar refractivity (Wildman–Crippen MR) is 80.6 cm³/mol. The zero-order valence-corrected chi connectivity index (χ0v) is 12.7. The van der Waals surface area contributed by atoms with Gasteiger partial charge < -0.3 is 10.4 Å². The molecule has 5 nitrogen and oxygen atoms in total. The Kier molecular flexibility index (Phi) is 5.21. The van der Waals surface area contributed by atoms with Gasteiger partial charge in [-0.3, -0.25) is 9.59 Å². The van der Waals surface area contributed by atoms with E-state index in [1.807, 2.05) is 0 Å². The Morgan fingerprint density at radius 1 is 1.32 bits per heavy atom. The van der Waals surface area contributed by atoms with Crippen LogP contribution in [0.5, 0.6) is 0 Å². The minimum absolute atomic E-state index is 0.0821. The Morgan fingerprint density at radius 3 is 2.64 bits per heavy atom. The maximum absolute atomic E-state index is 12.9. The zero-order chi connectivity index (χ0) is 16.1. The van der Waals surface area contributed by atoms with E-state index in [9.17, 15) is 14.0 Å². The molecule has 1 aromatic heterocycles. The molecule has 2 N–H and O–H groups in total. The van der Waals surface area contributed by atoms with Crippen molar-refractivity contribution in [3.63, 3.8) is 0 Å². The molecule has 0 radical (unpaired) electrons. The lowest BCUT2D eigenvalue weighted by Gasteiger charge is -2.01. The summed E-state index contributed by atoms with van der Waals surface area (Å²) >= 11 is 1.26. The molecule has 0 spiro atoms. The van der Waals surface area contributed by atoms with Gasteiger partial charge in [-0.15, -0.1) is 11.3 Å². The van der Waals surface area contributed by atoms with E-state index >= 15 is 0 Å². The van der Waals surface area contributed by atoms with Gasteiger partial charge in [-0.05, 0) is 24.6 Å². The first-order chi connectivity index (χ1) is 10.5. The lowest BCUT2D eigenvalue weighted by atomic mass is 10.1. The van der Waals surface area contributed by atoms with E-state index < -0.39 is 5.97 Å². The SMILES string of the molecule is Cc1nc(Cc2ccc(F)cc2)sc1C(=O)NCCC(=O)O. The highest BCUT2D eigenvalue weighted by molar-refractivity contribution is 7.13. The number of hydrogen-bond acceptors (Lipinski definition) is 4. The molecule has 0 atom stereocenters. The van der Waals surface area contributed by atoms with Crippen LogP contribution in [0.3, 0.4) is 0 Å². The average Bonchev–Trinajstić information content (AvgIpc) is 2.82. The van der Waals surface area contributed by atoms with Gasteiger partial charge in [-0.1, -0.05) is 12.1 Å². The van der Waals surface area contributed by atoms with Crippen molar-refractivity contribution in [2.45, 2.75) is 19.8 Å². The van der Waals surface area contributed by atoms with Gasteiger partial charge in [0.05, 0.1) is 17.1 Å². The number of nitrogens with one attached hydrogen (secondary N) is 1. The van der Waals surface area contributed by atoms with Gasteiger partial charge in [-0.2, -0.15) is 0 Å². The summed E-state index contributed by atoms with van der Waals surface area (Å²) < 4.78 is 12.9. The first-order valence-corrected chi connectivity index (χ1v) is 7.48. The lowest BCUT2D eigenvalue weighted by molar-refractivity contribution is -0.136. The Hall–Kier alpha value is -2.28. The lowest BCUT2D eigenvalue weighted by Crippen LogP contribution is -2.25. The van der Waals surface area contributed by atoms with Crippen molar-refractivity contribution in [2.75, 3.05) is 6.54 Å². The van der Waals surface area contributed by atoms with Crippen LogP contribution in [0.1, 0.15) is 32.4 Å². The Morgan fingerprint density at radius 2 is 2.00 bits per heavy atom. The molecule has 2 aromatic rings. The maximum Gasteiger partial charge on any atom is 0.305 e. The third-order valence-electron chi connectivity index (χ3n) is 2.94. The highest BCUT2D eigenvalue weighted by Crippen LogP contribution is 2.21. The number of carbonyl (C=O) groups excluding carboxylic acids is 1. The minimum Gasteiger partial charge on any atom is -0.481 e. The molecule has 0 aliphatic heterocycles. The molecule has 0 fully saturated rings. The van der Waals surface area contributed by atoms with Crippen molar-refractivity contribution in [3.8, 4) is 0 Å². The number of aryl methyl sites for hydroxylation is 1. The van der Waals surface area contributed by atoms with Crippen molar-refractivity contribution in [3.05, 3.63) is 51.2 Å². The molecule has 0 unspecified atom stereocenters. The topological polar surface area (TPSA) is 79.3 Å². The molecule has 1 heterocycles. The average molecular weight is 322 g/mol. The molecule has 116 valence electrons. The second-order valence-corrected chi connectivity index (χ2v) is 5.81. The number of carbonyl (C=O) groups is 2. The van der Waals surface area contributed by atoms with Gasteiger partial charge >= 0.3 is 5.97 Å². The van der Waals surface area contributed by atoms with Crippen molar-refractivity contribution >= 4 is 23.2 Å². The van der Waals surface area contributed by atoms with E-state index in [2.05, 4.69) is 10.3 Å². The molecule has 0 aliphatic rings. The zero-order valence-electron chi connectivity index (χ0n) is 11.9. The third-order valence-corrected chi connectivity index (χ3v) is 4.10. The largest absolute Gasteiger partial charge is 0.481 e. The fraction of sp³-hybridized carbons (Fsp3) is 0.267. The molecule has 7 heteroatoms. The van der Waals surface area contributed by atoms with Gasteiger partial charge in [0.1, 0.15) is 10.7 Å². The summed E-state index contributed by atoms with van der Waals surface area (Å²) in [6.45, 7) is 1.82. The van der Waals surface area contributed by atoms with E-state index in [0.29, 0.717) is 17.0 Å². The van der Waals surface area contributed by atoms with E-state index in [4.69, 9.17) is 5.11 Å². The Balaban J connectivity index is 2.02. The Labute approximate surface area is 130 Å². The van der Waals surface area contributed by atoms with Crippen molar-refractivity contribution in [1.82, 2.24) is 10.3 Å². The number of aromatic nitrogens is 1. The molecule has 2 rings (SSSR count). The van der Waals surface area contributed by atoms with Crippen LogP contribution < -0.4 is 5.32 Å². The standard InChI is InChI=1S/C15H15FN2O3S/c1-9-14(15(21)17-7-6-13(19)20)22-12(18-9)8-10-2-4-11(16)5-3-10/h2-5H,6-8H2,1H3,(H,17,21)(H,19,20). The first-order valence-electron chi connectivity index (χ1n) is 6.66. The van der Waals surface area contributed by atoms with Crippen molar-refractivity contribution in [1.29, 1.82) is 0 Å². The molecule has 0 bridgehead atoms. The quantitative estimate of drug-likeness (QED) is 0.856. The number of rotatable bonds is 6. The van der Waals surface area contributed by atoms with Crippen LogP contribution in [0.2, 0.25) is 0 Å². The molecule has 1 aromatic carbocycles. The minimum atomic E-state index is -0.960. The number of thiazole rings is 1. The number of benzene rings is 1. The number of amides is 1. The summed E-state index contributed by atoms with van der Waals surface area (Å²) in [6, 6.07) is 6.13. The van der Waals surface area contributed by atoms with Crippen LogP contribution in [0.4, 0.5) is 4.39 Å². The first kappa shape index (κ1) is 16.1. The molecular weight excluding hydrogens is 307 g/mol. The number of aliphatic carboxylic acids is 1. The van der Waals surface area contributed by atoms with Crippen LogP contribution in [0.25, 0.3) is 0 Å². The van der Waals surface area contributed by atoms with Crippen LogP contribution in [0.15, 0.2) is 24.3 Å². The number of carboxylic acid groups (broad SMARTS) is 1. The molecule has 0 aliphatic carbocycles. The van der Waals surface area contributed by atoms with Gasteiger partial charge in [0.25, 0.3) is 5.91 Å². The van der Waals surface area contributed by atoms with Crippen LogP contribution in [-0.2, 0) is 11.2 Å². The second-order valence-electron chi connectivity index (χ2n) is 4.73. The number of halogens is 1. The summed E-state index contributed by atoms with van der Waals surface area (Å²) in [4.78, 5) is 27.2.